The van der Waals surface area contributed by atoms with Gasteiger partial charge in [-0.25, -0.2) is 0 Å². The van der Waals surface area contributed by atoms with Crippen molar-refractivity contribution < 1.29 is 28.9 Å². The van der Waals surface area contributed by atoms with Crippen molar-refractivity contribution >= 4 is 30.6 Å². The summed E-state index contributed by atoms with van der Waals surface area (Å²) in [5.41, 5.74) is 2.24. The second-order valence-corrected chi connectivity index (χ2v) is 12.8. The molecule has 0 amide bonds. The van der Waals surface area contributed by atoms with Crippen LogP contribution in [-0.4, -0.2) is 0 Å². The van der Waals surface area contributed by atoms with Gasteiger partial charge in [-0.2, -0.15) is 0 Å². The van der Waals surface area contributed by atoms with E-state index in [2.05, 4.69) is 32.0 Å². The fourth-order valence-electron chi connectivity index (χ4n) is 3.81. The van der Waals surface area contributed by atoms with Crippen LogP contribution in [0.1, 0.15) is 115 Å². The van der Waals surface area contributed by atoms with Crippen LogP contribution in [0.4, 0.5) is 0 Å². The van der Waals surface area contributed by atoms with Crippen LogP contribution in [0.3, 0.4) is 0 Å². The zero-order chi connectivity index (χ0) is 21.4. The number of hydrogen-bond acceptors (Lipinski definition) is 4. The van der Waals surface area contributed by atoms with Gasteiger partial charge in [-0.15, -0.1) is 6.12 Å². The molecule has 1 rings (SSSR count). The summed E-state index contributed by atoms with van der Waals surface area (Å²) < 4.78 is 5.67. The van der Waals surface area contributed by atoms with Gasteiger partial charge in [-0.05, 0) is 36.8 Å². The summed E-state index contributed by atoms with van der Waals surface area (Å²) in [4.78, 5) is 12.0. The predicted molar refractivity (Wildman–Crippen MR) is 132 cm³/mol. The summed E-state index contributed by atoms with van der Waals surface area (Å²) in [6.45, 7) is 4.50. The van der Waals surface area contributed by atoms with Crippen molar-refractivity contribution in [3.05, 3.63) is 29.3 Å². The van der Waals surface area contributed by atoms with Crippen molar-refractivity contribution in [2.24, 2.45) is 0 Å². The van der Waals surface area contributed by atoms with Crippen molar-refractivity contribution in [2.75, 3.05) is 0 Å². The summed E-state index contributed by atoms with van der Waals surface area (Å²) in [5, 5.41) is 0. The molecule has 0 aromatic heterocycles. The molecule has 0 bridgehead atoms. The number of unbranched alkanes of at least 4 members (excludes halogenated alkanes) is 12. The first-order valence-corrected chi connectivity index (χ1v) is 15.5. The maximum Gasteiger partial charge on any atom is 2.00 e. The average Bonchev–Trinajstić information content (AvgIpc) is 2.67. The normalized spacial score (nSPS) is 11.4. The molecule has 0 spiro atoms. The summed E-state index contributed by atoms with van der Waals surface area (Å²) in [6, 6.07) is 6.26. The first-order chi connectivity index (χ1) is 14.0. The van der Waals surface area contributed by atoms with E-state index in [1.54, 1.807) is 0 Å². The van der Waals surface area contributed by atoms with Crippen LogP contribution in [0.2, 0.25) is 0 Å². The van der Waals surface area contributed by atoms with Crippen LogP contribution in [0.5, 0.6) is 5.75 Å². The van der Waals surface area contributed by atoms with E-state index in [4.69, 9.17) is 29.0 Å². The van der Waals surface area contributed by atoms with Gasteiger partial charge in [0.2, 0.25) is 0 Å². The number of benzene rings is 1. The smallest absolute Gasteiger partial charge is 0.682 e. The molecule has 0 aliphatic rings. The molecule has 0 saturated carbocycles. The van der Waals surface area contributed by atoms with Crippen LogP contribution in [-0.2, 0) is 56.8 Å². The first-order valence-electron chi connectivity index (χ1n) is 11.8. The third-order valence-corrected chi connectivity index (χ3v) is 6.33. The van der Waals surface area contributed by atoms with Crippen molar-refractivity contribution in [1.29, 1.82) is 0 Å². The molecule has 0 N–H and O–H groups in total. The molecule has 0 unspecified atom stereocenters. The maximum absolute atomic E-state index is 12.0. The third kappa shape index (κ3) is 15.5. The molecule has 0 heterocycles. The molecule has 2 nitrogen and oxygen atoms in total. The number of hydrogen-bond donors (Lipinski definition) is 0. The van der Waals surface area contributed by atoms with Crippen LogP contribution in [0.15, 0.2) is 18.2 Å². The summed E-state index contributed by atoms with van der Waals surface area (Å²) in [6.07, 6.45) is 16.4. The Hall–Kier alpha value is 0.733. The van der Waals surface area contributed by atoms with E-state index < -0.39 is 6.12 Å². The Balaban J connectivity index is 0.00000841. The van der Waals surface area contributed by atoms with E-state index in [-0.39, 0.29) is 19.5 Å². The topological polar surface area (TPSA) is 32.3 Å². The molecule has 0 atom stereocenters. The molecule has 1 aromatic rings. The zero-order valence-corrected chi connectivity index (χ0v) is 24.8. The number of para-hydroxylation sites is 1. The first kappa shape index (κ1) is 30.7. The fourth-order valence-corrected chi connectivity index (χ4v) is 4.71. The van der Waals surface area contributed by atoms with Crippen molar-refractivity contribution in [3.8, 4) is 5.75 Å². The van der Waals surface area contributed by atoms with Crippen molar-refractivity contribution in [2.45, 2.75) is 117 Å². The molecule has 6 heteroatoms. The molecule has 0 saturated heterocycles. The van der Waals surface area contributed by atoms with Crippen LogP contribution in [0, 0.1) is 0 Å². The molecule has 30 heavy (non-hydrogen) atoms. The monoisotopic (exact) mass is 520 g/mol. The number of aryl methyl sites for hydroxylation is 2. The maximum atomic E-state index is 12.0. The van der Waals surface area contributed by atoms with E-state index in [1.165, 1.54) is 77.0 Å². The molecule has 0 aliphatic carbocycles. The van der Waals surface area contributed by atoms with Crippen molar-refractivity contribution in [1.82, 2.24) is 0 Å². The average molecular weight is 522 g/mol. The van der Waals surface area contributed by atoms with Gasteiger partial charge in [0.25, 0.3) is 0 Å². The second kappa shape index (κ2) is 19.2. The van der Waals surface area contributed by atoms with E-state index in [0.717, 1.165) is 42.6 Å². The van der Waals surface area contributed by atoms with Crippen molar-refractivity contribution in [3.63, 3.8) is 0 Å². The molecule has 0 fully saturated rings. The molecule has 1 aromatic carbocycles. The quantitative estimate of drug-likeness (QED) is 0.0854. The van der Waals surface area contributed by atoms with E-state index in [0.29, 0.717) is 0 Å². The minimum atomic E-state index is -3.39. The minimum absolute atomic E-state index is 0. The fraction of sp³-hybridized carbons (Fsp3) is 0.750. The largest absolute Gasteiger partial charge is 2.00 e. The Morgan fingerprint density at radius 2 is 1.07 bits per heavy atom. The van der Waals surface area contributed by atoms with E-state index >= 15 is 0 Å². The Morgan fingerprint density at radius 1 is 0.700 bits per heavy atom. The van der Waals surface area contributed by atoms with E-state index in [9.17, 15) is 4.89 Å². The second-order valence-electron chi connectivity index (χ2n) is 8.19. The molecule has 168 valence electrons. The Bertz CT molecular complexity index is 502. The van der Waals surface area contributed by atoms with Gasteiger partial charge in [0.15, 0.2) is 5.75 Å². The molecule has 0 radical (unpaired) electrons. The third-order valence-electron chi connectivity index (χ3n) is 5.48. The zero-order valence-electron chi connectivity index (χ0n) is 19.3. The summed E-state index contributed by atoms with van der Waals surface area (Å²) in [7, 11) is 0. The van der Waals surface area contributed by atoms with Gasteiger partial charge < -0.3 is 33.9 Å². The molecular formula is C24H41O2PS2Zn. The molecule has 0 aliphatic heterocycles. The summed E-state index contributed by atoms with van der Waals surface area (Å²) in [5.74, 6) is 0.720. The van der Waals surface area contributed by atoms with E-state index in [1.807, 2.05) is 0 Å². The SMILES string of the molecule is CCCCCCCCCc1cccc(CCCCCCCCC)c1O[P+]([O-])([S-])[S-].[Zn+2]. The number of rotatable bonds is 18. The standard InChI is InChI=1S/C24H43O2PS2.Zn/c1-3-5-7-9-11-13-15-18-22-20-17-21-23(24(22)26-27(25,28)29)19-16-14-12-10-8-6-4-2;/h17,20-21H,3-16,18-19H2,1-2H3,(H2,25,28,29);/q;+2/p-2. The van der Waals surface area contributed by atoms with Gasteiger partial charge >= 0.3 is 19.5 Å². The Morgan fingerprint density at radius 3 is 1.43 bits per heavy atom. The van der Waals surface area contributed by atoms with Gasteiger partial charge in [0.1, 0.15) is 0 Å². The molecular weight excluding hydrogens is 481 g/mol. The van der Waals surface area contributed by atoms with Crippen LogP contribution in [0.25, 0.3) is 0 Å². The Labute approximate surface area is 210 Å². The Kier molecular flexibility index (Phi) is 19.7. The summed E-state index contributed by atoms with van der Waals surface area (Å²) >= 11 is 9.85. The van der Waals surface area contributed by atoms with Gasteiger partial charge in [0, 0.05) is 0 Å². The van der Waals surface area contributed by atoms with Gasteiger partial charge in [0.05, 0.1) is 0 Å². The van der Waals surface area contributed by atoms with Gasteiger partial charge in [-0.1, -0.05) is 109 Å². The van der Waals surface area contributed by atoms with Gasteiger partial charge in [-0.3, -0.25) is 0 Å². The predicted octanol–water partition coefficient (Wildman–Crippen LogP) is 7.78. The van der Waals surface area contributed by atoms with Crippen LogP contribution >= 0.6 is 6.12 Å². The van der Waals surface area contributed by atoms with Crippen LogP contribution < -0.4 is 9.42 Å². The minimum Gasteiger partial charge on any atom is -0.682 e.